The van der Waals surface area contributed by atoms with Crippen LogP contribution in [0.5, 0.6) is 0 Å². The fraction of sp³-hybridized carbons (Fsp3) is 0.733. The van der Waals surface area contributed by atoms with E-state index < -0.39 is 0 Å². The monoisotopic (exact) mass is 262 g/mol. The number of anilines is 2. The Morgan fingerprint density at radius 3 is 2.74 bits per heavy atom. The van der Waals surface area contributed by atoms with Gasteiger partial charge in [0.1, 0.15) is 17.5 Å². The molecule has 106 valence electrons. The summed E-state index contributed by atoms with van der Waals surface area (Å²) in [6, 6.07) is 2.37. The van der Waals surface area contributed by atoms with E-state index in [0.29, 0.717) is 17.8 Å². The molecule has 3 N–H and O–H groups in total. The molecule has 1 fully saturated rings. The molecule has 2 rings (SSSR count). The zero-order valence-corrected chi connectivity index (χ0v) is 12.3. The molecule has 1 saturated carbocycles. The van der Waals surface area contributed by atoms with Crippen molar-refractivity contribution in [2.45, 2.75) is 64.8 Å². The number of nitrogens with two attached hydrogens (primary N) is 1. The van der Waals surface area contributed by atoms with Crippen LogP contribution in [0.3, 0.4) is 0 Å². The van der Waals surface area contributed by atoms with Gasteiger partial charge in [-0.05, 0) is 25.2 Å². The molecule has 4 nitrogen and oxygen atoms in total. The van der Waals surface area contributed by atoms with Gasteiger partial charge in [0, 0.05) is 18.0 Å². The Labute approximate surface area is 116 Å². The highest BCUT2D eigenvalue weighted by Crippen LogP contribution is 2.25. The topological polar surface area (TPSA) is 63.8 Å². The van der Waals surface area contributed by atoms with E-state index in [2.05, 4.69) is 36.1 Å². The van der Waals surface area contributed by atoms with Crippen LogP contribution in [0.25, 0.3) is 0 Å². The quantitative estimate of drug-likeness (QED) is 0.817. The first-order chi connectivity index (χ1) is 9.04. The molecule has 1 aliphatic carbocycles. The Hall–Kier alpha value is -1.32. The van der Waals surface area contributed by atoms with Gasteiger partial charge in [-0.25, -0.2) is 9.97 Å². The maximum absolute atomic E-state index is 5.86. The van der Waals surface area contributed by atoms with Crippen molar-refractivity contribution in [2.24, 2.45) is 5.92 Å². The standard InChI is InChI=1S/C15H26N4/c1-10(2)15-18-13(16)9-14(19-15)17-12-6-4-5-11(3)7-8-12/h9-12H,4-8H2,1-3H3,(H3,16,17,18,19). The summed E-state index contributed by atoms with van der Waals surface area (Å²) in [7, 11) is 0. The van der Waals surface area contributed by atoms with Gasteiger partial charge in [-0.3, -0.25) is 0 Å². The zero-order chi connectivity index (χ0) is 13.8. The predicted octanol–water partition coefficient (Wildman–Crippen LogP) is 3.56. The third-order valence-electron chi connectivity index (χ3n) is 3.89. The van der Waals surface area contributed by atoms with Crippen LogP contribution in [0, 0.1) is 5.92 Å². The summed E-state index contributed by atoms with van der Waals surface area (Å²) >= 11 is 0. The Morgan fingerprint density at radius 1 is 1.21 bits per heavy atom. The van der Waals surface area contributed by atoms with Gasteiger partial charge >= 0.3 is 0 Å². The van der Waals surface area contributed by atoms with Crippen LogP contribution < -0.4 is 11.1 Å². The summed E-state index contributed by atoms with van der Waals surface area (Å²) in [6.07, 6.45) is 6.40. The van der Waals surface area contributed by atoms with Crippen molar-refractivity contribution in [2.75, 3.05) is 11.1 Å². The molecule has 0 spiro atoms. The maximum Gasteiger partial charge on any atom is 0.135 e. The van der Waals surface area contributed by atoms with Gasteiger partial charge < -0.3 is 11.1 Å². The minimum atomic E-state index is 0.304. The Morgan fingerprint density at radius 2 is 2.00 bits per heavy atom. The molecule has 0 aromatic carbocycles. The Kier molecular flexibility index (Phi) is 4.61. The summed E-state index contributed by atoms with van der Waals surface area (Å²) in [5.41, 5.74) is 5.86. The summed E-state index contributed by atoms with van der Waals surface area (Å²) in [5.74, 6) is 3.43. The third-order valence-corrected chi connectivity index (χ3v) is 3.89. The second kappa shape index (κ2) is 6.22. The molecule has 1 heterocycles. The molecule has 0 radical (unpaired) electrons. The summed E-state index contributed by atoms with van der Waals surface area (Å²) in [6.45, 7) is 6.53. The molecule has 0 amide bonds. The number of hydrogen-bond acceptors (Lipinski definition) is 4. The van der Waals surface area contributed by atoms with E-state index in [9.17, 15) is 0 Å². The second-order valence-electron chi connectivity index (χ2n) is 6.15. The highest BCUT2D eigenvalue weighted by molar-refractivity contribution is 5.45. The largest absolute Gasteiger partial charge is 0.384 e. The number of hydrogen-bond donors (Lipinski definition) is 2. The average Bonchev–Trinajstić information content (AvgIpc) is 2.54. The molecule has 2 unspecified atom stereocenters. The smallest absolute Gasteiger partial charge is 0.135 e. The normalized spacial score (nSPS) is 24.2. The maximum atomic E-state index is 5.86. The van der Waals surface area contributed by atoms with Crippen LogP contribution in [0.1, 0.15) is 64.6 Å². The van der Waals surface area contributed by atoms with Crippen molar-refractivity contribution >= 4 is 11.6 Å². The molecule has 19 heavy (non-hydrogen) atoms. The van der Waals surface area contributed by atoms with E-state index in [1.54, 1.807) is 0 Å². The van der Waals surface area contributed by atoms with Gasteiger partial charge in [-0.1, -0.05) is 33.6 Å². The van der Waals surface area contributed by atoms with Gasteiger partial charge in [-0.2, -0.15) is 0 Å². The van der Waals surface area contributed by atoms with Crippen LogP contribution in [0.15, 0.2) is 6.07 Å². The molecule has 1 aliphatic rings. The first-order valence-electron chi connectivity index (χ1n) is 7.45. The molecule has 1 aromatic heterocycles. The highest BCUT2D eigenvalue weighted by atomic mass is 15.1. The predicted molar refractivity (Wildman–Crippen MR) is 80.2 cm³/mol. The average molecular weight is 262 g/mol. The molecule has 0 saturated heterocycles. The van der Waals surface area contributed by atoms with Crippen molar-refractivity contribution in [3.05, 3.63) is 11.9 Å². The van der Waals surface area contributed by atoms with E-state index in [0.717, 1.165) is 17.6 Å². The highest BCUT2D eigenvalue weighted by Gasteiger charge is 2.17. The van der Waals surface area contributed by atoms with E-state index in [4.69, 9.17) is 5.73 Å². The fourth-order valence-electron chi connectivity index (χ4n) is 2.66. The van der Waals surface area contributed by atoms with Crippen molar-refractivity contribution in [3.63, 3.8) is 0 Å². The van der Waals surface area contributed by atoms with Crippen LogP contribution in [-0.4, -0.2) is 16.0 Å². The van der Waals surface area contributed by atoms with E-state index in [1.807, 2.05) is 6.07 Å². The van der Waals surface area contributed by atoms with E-state index in [1.165, 1.54) is 32.1 Å². The molecule has 0 bridgehead atoms. The second-order valence-corrected chi connectivity index (χ2v) is 6.15. The van der Waals surface area contributed by atoms with Crippen LogP contribution in [0.2, 0.25) is 0 Å². The summed E-state index contributed by atoms with van der Waals surface area (Å²) in [5, 5.41) is 3.55. The first-order valence-corrected chi connectivity index (χ1v) is 7.45. The SMILES string of the molecule is CC1CCCC(Nc2cc(N)nc(C(C)C)n2)CC1. The molecule has 1 aromatic rings. The summed E-state index contributed by atoms with van der Waals surface area (Å²) in [4.78, 5) is 8.86. The number of nitrogens with one attached hydrogen (secondary N) is 1. The fourth-order valence-corrected chi connectivity index (χ4v) is 2.66. The third kappa shape index (κ3) is 4.08. The van der Waals surface area contributed by atoms with Crippen LogP contribution >= 0.6 is 0 Å². The molecule has 4 heteroatoms. The Balaban J connectivity index is 2.05. The Bertz CT molecular complexity index is 417. The van der Waals surface area contributed by atoms with Crippen LogP contribution in [0.4, 0.5) is 11.6 Å². The van der Waals surface area contributed by atoms with Gasteiger partial charge in [0.25, 0.3) is 0 Å². The number of nitrogens with zero attached hydrogens (tertiary/aromatic N) is 2. The lowest BCUT2D eigenvalue weighted by molar-refractivity contribution is 0.501. The van der Waals surface area contributed by atoms with Gasteiger partial charge in [0.15, 0.2) is 0 Å². The minimum absolute atomic E-state index is 0.304. The zero-order valence-electron chi connectivity index (χ0n) is 12.3. The summed E-state index contributed by atoms with van der Waals surface area (Å²) < 4.78 is 0. The lowest BCUT2D eigenvalue weighted by Crippen LogP contribution is -2.20. The van der Waals surface area contributed by atoms with Gasteiger partial charge in [-0.15, -0.1) is 0 Å². The minimum Gasteiger partial charge on any atom is -0.384 e. The van der Waals surface area contributed by atoms with Crippen molar-refractivity contribution in [3.8, 4) is 0 Å². The van der Waals surface area contributed by atoms with Crippen LogP contribution in [-0.2, 0) is 0 Å². The number of nitrogen functional groups attached to an aromatic ring is 1. The first kappa shape index (κ1) is 14.1. The molecule has 2 atom stereocenters. The molecular formula is C15H26N4. The molecular weight excluding hydrogens is 236 g/mol. The van der Waals surface area contributed by atoms with Gasteiger partial charge in [0.2, 0.25) is 0 Å². The lowest BCUT2D eigenvalue weighted by atomic mass is 10.0. The number of rotatable bonds is 3. The molecule has 0 aliphatic heterocycles. The van der Waals surface area contributed by atoms with E-state index in [-0.39, 0.29) is 0 Å². The number of aromatic nitrogens is 2. The van der Waals surface area contributed by atoms with Crippen molar-refractivity contribution in [1.82, 2.24) is 9.97 Å². The van der Waals surface area contributed by atoms with E-state index >= 15 is 0 Å². The van der Waals surface area contributed by atoms with Gasteiger partial charge in [0.05, 0.1) is 0 Å². The van der Waals surface area contributed by atoms with Crippen molar-refractivity contribution < 1.29 is 0 Å². The van der Waals surface area contributed by atoms with Crippen molar-refractivity contribution in [1.29, 1.82) is 0 Å². The lowest BCUT2D eigenvalue weighted by Gasteiger charge is -2.18.